The quantitative estimate of drug-likeness (QED) is 0.382. The van der Waals surface area contributed by atoms with Gasteiger partial charge in [-0.05, 0) is 72.0 Å². The fourth-order valence-electron chi connectivity index (χ4n) is 4.52. The smallest absolute Gasteiger partial charge is 0.276 e. The lowest BCUT2D eigenvalue weighted by atomic mass is 9.52. The Kier molecular flexibility index (Phi) is 7.14. The van der Waals surface area contributed by atoms with Gasteiger partial charge in [0.15, 0.2) is 5.69 Å². The number of hydrogen-bond donors (Lipinski definition) is 2. The number of ether oxygens (including phenoxy) is 1. The van der Waals surface area contributed by atoms with E-state index in [-0.39, 0.29) is 11.6 Å². The second kappa shape index (κ2) is 10.4. The van der Waals surface area contributed by atoms with Crippen molar-refractivity contribution in [2.45, 2.75) is 29.9 Å². The maximum atomic E-state index is 13.0. The highest BCUT2D eigenvalue weighted by Crippen LogP contribution is 2.30. The minimum Gasteiger partial charge on any atom is -0.501 e. The number of benzene rings is 1. The van der Waals surface area contributed by atoms with E-state index in [9.17, 15) is 4.79 Å². The predicted molar refractivity (Wildman–Crippen MR) is 151 cm³/mol. The first kappa shape index (κ1) is 26.2. The number of carbonyl (C=O) groups is 1. The maximum Gasteiger partial charge on any atom is 0.276 e. The number of H-pyrrole nitrogens is 1. The third kappa shape index (κ3) is 5.67. The van der Waals surface area contributed by atoms with E-state index in [2.05, 4.69) is 30.4 Å². The van der Waals surface area contributed by atoms with Crippen LogP contribution in [0.1, 0.15) is 35.3 Å². The topological polar surface area (TPSA) is 96.0 Å². The van der Waals surface area contributed by atoms with Gasteiger partial charge in [0.2, 0.25) is 5.88 Å². The van der Waals surface area contributed by atoms with Crippen LogP contribution in [0.3, 0.4) is 0 Å². The number of likely N-dealkylation sites (tertiary alicyclic amines) is 1. The molecule has 1 fully saturated rings. The summed E-state index contributed by atoms with van der Waals surface area (Å²) < 4.78 is 5.08. The molecule has 0 unspecified atom stereocenters. The monoisotopic (exact) mass is 492 g/mol. The normalized spacial score (nSPS) is 14.8. The Balaban J connectivity index is 1.38. The van der Waals surface area contributed by atoms with Gasteiger partial charge in [-0.25, -0.2) is 4.98 Å². The van der Waals surface area contributed by atoms with Crippen molar-refractivity contribution in [2.24, 2.45) is 0 Å². The van der Waals surface area contributed by atoms with Crippen molar-refractivity contribution in [1.29, 1.82) is 0 Å². The van der Waals surface area contributed by atoms with Crippen molar-refractivity contribution >= 4 is 61.7 Å². The van der Waals surface area contributed by atoms with Crippen LogP contribution < -0.4 is 10.1 Å². The van der Waals surface area contributed by atoms with E-state index in [1.807, 2.05) is 24.3 Å². The lowest BCUT2D eigenvalue weighted by molar-refractivity contribution is 0.102. The maximum absolute atomic E-state index is 13.0. The van der Waals surface area contributed by atoms with Crippen LogP contribution >= 0.6 is 0 Å². The Morgan fingerprint density at radius 1 is 0.947 bits per heavy atom. The summed E-state index contributed by atoms with van der Waals surface area (Å²) in [6.07, 6.45) is 8.14. The number of nitrogens with one attached hydrogen (secondary N) is 2. The molecule has 1 amide bonds. The van der Waals surface area contributed by atoms with Crippen LogP contribution in [-0.4, -0.2) is 88.6 Å². The Morgan fingerprint density at radius 2 is 1.74 bits per heavy atom. The van der Waals surface area contributed by atoms with Gasteiger partial charge in [0.1, 0.15) is 23.5 Å². The SMILES string of the molecule is [B]C([B])([B])Oc1ccc(NC(=O)c2n[nH]c3ccc(-c4cncc(C([B])([B])N5CCCCC5)c4)cc23)cn1. The molecular formula is C25H21B5N6O2. The van der Waals surface area contributed by atoms with Crippen LogP contribution in [0.5, 0.6) is 5.88 Å². The molecule has 0 saturated carbocycles. The molecule has 1 aliphatic rings. The van der Waals surface area contributed by atoms with Crippen molar-refractivity contribution in [2.75, 3.05) is 18.4 Å². The van der Waals surface area contributed by atoms with E-state index < -0.39 is 16.5 Å². The molecule has 2 N–H and O–H groups in total. The largest absolute Gasteiger partial charge is 0.501 e. The summed E-state index contributed by atoms with van der Waals surface area (Å²) in [6, 6.07) is 10.7. The number of carbonyl (C=O) groups excluding carboxylic acids is 1. The summed E-state index contributed by atoms with van der Waals surface area (Å²) in [5.74, 6) is -0.310. The Morgan fingerprint density at radius 3 is 2.45 bits per heavy atom. The molecule has 0 spiro atoms. The van der Waals surface area contributed by atoms with Gasteiger partial charge in [0.05, 0.1) is 33.1 Å². The molecule has 5 rings (SSSR count). The molecule has 38 heavy (non-hydrogen) atoms. The van der Waals surface area contributed by atoms with Gasteiger partial charge in [-0.15, -0.1) is 0 Å². The molecule has 4 aromatic rings. The minimum absolute atomic E-state index is 0.112. The molecular weight excluding hydrogens is 470 g/mol. The Hall–Kier alpha value is -3.46. The van der Waals surface area contributed by atoms with Crippen molar-refractivity contribution < 1.29 is 9.53 Å². The fraction of sp³-hybridized carbons (Fsp3) is 0.280. The molecule has 10 radical (unpaired) electrons. The van der Waals surface area contributed by atoms with E-state index >= 15 is 0 Å². The molecule has 0 bridgehead atoms. The van der Waals surface area contributed by atoms with Gasteiger partial charge in [0, 0.05) is 29.4 Å². The Bertz CT molecular complexity index is 1450. The van der Waals surface area contributed by atoms with Crippen LogP contribution in [0.2, 0.25) is 0 Å². The molecule has 8 nitrogen and oxygen atoms in total. The third-order valence-corrected chi connectivity index (χ3v) is 6.47. The molecule has 13 heteroatoms. The lowest BCUT2D eigenvalue weighted by Crippen LogP contribution is -2.49. The molecule has 4 heterocycles. The van der Waals surface area contributed by atoms with Gasteiger partial charge in [-0.3, -0.25) is 14.9 Å². The number of piperidine rings is 1. The number of hydrogen-bond acceptors (Lipinski definition) is 6. The van der Waals surface area contributed by atoms with E-state index in [4.69, 9.17) is 44.0 Å². The molecule has 178 valence electrons. The number of fused-ring (bicyclic) bond motifs is 1. The standard InChI is InChI=1S/C25H21B5N6O2/c26-24(27,36-8-2-1-3-9-36)17-10-16(12-31-13-17)15-4-6-20-19(11-15)22(35-34-20)23(37)33-18-5-7-21(32-14-18)38-25(28,29)30/h4-7,10-14H,1-3,8-9H2,(H,33,37)(H,34,35). The van der Waals surface area contributed by atoms with Gasteiger partial charge in [-0.2, -0.15) is 5.10 Å². The average Bonchev–Trinajstić information content (AvgIpc) is 3.33. The van der Waals surface area contributed by atoms with Crippen LogP contribution in [0.4, 0.5) is 5.69 Å². The van der Waals surface area contributed by atoms with Gasteiger partial charge in [0.25, 0.3) is 5.91 Å². The van der Waals surface area contributed by atoms with E-state index in [1.165, 1.54) is 18.7 Å². The Labute approximate surface area is 227 Å². The van der Waals surface area contributed by atoms with Crippen molar-refractivity contribution in [1.82, 2.24) is 25.1 Å². The number of pyridine rings is 2. The van der Waals surface area contributed by atoms with Crippen LogP contribution in [0.15, 0.2) is 55.0 Å². The molecule has 1 aliphatic heterocycles. The number of amides is 1. The summed E-state index contributed by atoms with van der Waals surface area (Å²) in [7, 11) is 29.4. The number of nitrogens with zero attached hydrogens (tertiary/aromatic N) is 4. The van der Waals surface area contributed by atoms with Gasteiger partial charge >= 0.3 is 0 Å². The lowest BCUT2D eigenvalue weighted by Gasteiger charge is -2.42. The summed E-state index contributed by atoms with van der Waals surface area (Å²) in [5, 5.41) is 7.54. The summed E-state index contributed by atoms with van der Waals surface area (Å²) in [6.45, 7) is 1.69. The average molecular weight is 492 g/mol. The van der Waals surface area contributed by atoms with Gasteiger partial charge in [-0.1, -0.05) is 12.5 Å². The fourth-order valence-corrected chi connectivity index (χ4v) is 4.52. The van der Waals surface area contributed by atoms with Crippen LogP contribution in [0, 0.1) is 0 Å². The highest BCUT2D eigenvalue weighted by molar-refractivity contribution is 6.58. The highest BCUT2D eigenvalue weighted by Gasteiger charge is 2.29. The summed E-state index contributed by atoms with van der Waals surface area (Å²) >= 11 is 0. The molecule has 0 atom stereocenters. The van der Waals surface area contributed by atoms with E-state index in [0.717, 1.165) is 42.6 Å². The number of aromatic amines is 1. The molecule has 1 aromatic carbocycles. The van der Waals surface area contributed by atoms with Crippen LogP contribution in [0.25, 0.3) is 22.0 Å². The zero-order valence-corrected chi connectivity index (χ0v) is 20.7. The number of anilines is 1. The number of rotatable bonds is 7. The van der Waals surface area contributed by atoms with Crippen LogP contribution in [-0.2, 0) is 5.34 Å². The zero-order chi connectivity index (χ0) is 26.9. The summed E-state index contributed by atoms with van der Waals surface area (Å²) in [5.41, 5.74) is 3.73. The molecule has 3 aromatic heterocycles. The first-order valence-corrected chi connectivity index (χ1v) is 12.2. The predicted octanol–water partition coefficient (Wildman–Crippen LogP) is 1.70. The van der Waals surface area contributed by atoms with Crippen molar-refractivity contribution in [3.8, 4) is 17.0 Å². The minimum atomic E-state index is -1.86. The molecule has 1 saturated heterocycles. The first-order chi connectivity index (χ1) is 18.1. The summed E-state index contributed by atoms with van der Waals surface area (Å²) in [4.78, 5) is 23.6. The highest BCUT2D eigenvalue weighted by atomic mass is 16.5. The second-order valence-corrected chi connectivity index (χ2v) is 9.46. The molecule has 0 aliphatic carbocycles. The van der Waals surface area contributed by atoms with Crippen molar-refractivity contribution in [3.63, 3.8) is 0 Å². The van der Waals surface area contributed by atoms with E-state index in [1.54, 1.807) is 18.5 Å². The van der Waals surface area contributed by atoms with E-state index in [0.29, 0.717) is 16.6 Å². The van der Waals surface area contributed by atoms with Crippen molar-refractivity contribution in [3.05, 3.63) is 66.2 Å². The number of aromatic nitrogens is 4. The first-order valence-electron chi connectivity index (χ1n) is 12.2. The van der Waals surface area contributed by atoms with Gasteiger partial charge < -0.3 is 15.0 Å². The third-order valence-electron chi connectivity index (χ3n) is 6.47. The second-order valence-electron chi connectivity index (χ2n) is 9.46. The zero-order valence-electron chi connectivity index (χ0n) is 20.7.